The van der Waals surface area contributed by atoms with Crippen molar-refractivity contribution in [3.05, 3.63) is 12.3 Å². The van der Waals surface area contributed by atoms with E-state index < -0.39 is 0 Å². The highest BCUT2D eigenvalue weighted by Crippen LogP contribution is 1.71. The second kappa shape index (κ2) is 2.72. The predicted octanol–water partition coefficient (Wildman–Crippen LogP) is 0.0594. The summed E-state index contributed by atoms with van der Waals surface area (Å²) >= 11 is 0. The number of aliphatic hydroxyl groups is 1. The second-order valence-corrected chi connectivity index (χ2v) is 1.12. The van der Waals surface area contributed by atoms with E-state index in [0.29, 0.717) is 0 Å². The summed E-state index contributed by atoms with van der Waals surface area (Å²) in [7, 11) is 0. The quantitative estimate of drug-likeness (QED) is 0.467. The van der Waals surface area contributed by atoms with Gasteiger partial charge in [0.05, 0.1) is 0 Å². The fraction of sp³-hybridized carbons (Fsp3) is 0.500. The molecule has 0 aromatic carbocycles. The Hall–Kier alpha value is -0.500. The van der Waals surface area contributed by atoms with Crippen LogP contribution in [-0.4, -0.2) is 11.8 Å². The lowest BCUT2D eigenvalue weighted by Crippen LogP contribution is -2.09. The summed E-state index contributed by atoms with van der Waals surface area (Å²) in [6.45, 7) is 5.24. The highest BCUT2D eigenvalue weighted by atomic mass is 16.3. The van der Waals surface area contributed by atoms with Crippen LogP contribution in [0.15, 0.2) is 12.3 Å². The molecule has 0 aliphatic carbocycles. The van der Waals surface area contributed by atoms with E-state index in [-0.39, 0.29) is 6.73 Å². The minimum Gasteiger partial charge on any atom is -0.377 e. The number of allylic oxidation sites excluding steroid dienone is 1. The van der Waals surface area contributed by atoms with Gasteiger partial charge in [-0.2, -0.15) is 0 Å². The molecule has 0 rings (SSSR count). The van der Waals surface area contributed by atoms with Gasteiger partial charge in [0.15, 0.2) is 0 Å². The molecule has 0 aliphatic rings. The lowest BCUT2D eigenvalue weighted by Gasteiger charge is -1.94. The highest BCUT2D eigenvalue weighted by Gasteiger charge is 1.71. The van der Waals surface area contributed by atoms with Gasteiger partial charge in [-0.1, -0.05) is 6.58 Å². The van der Waals surface area contributed by atoms with Crippen molar-refractivity contribution < 1.29 is 5.11 Å². The first kappa shape index (κ1) is 5.50. The normalized spacial score (nSPS) is 7.67. The standard InChI is InChI=1S/C4H9NO/c1-4(2)5-3-6/h5-6H,1,3H2,2H3. The van der Waals surface area contributed by atoms with E-state index in [1.165, 1.54) is 0 Å². The monoisotopic (exact) mass is 87.1 g/mol. The molecule has 0 aromatic heterocycles. The van der Waals surface area contributed by atoms with Crippen LogP contribution in [0.4, 0.5) is 0 Å². The van der Waals surface area contributed by atoms with Crippen molar-refractivity contribution in [3.63, 3.8) is 0 Å². The zero-order valence-corrected chi connectivity index (χ0v) is 3.86. The van der Waals surface area contributed by atoms with Crippen molar-refractivity contribution in [1.82, 2.24) is 5.32 Å². The largest absolute Gasteiger partial charge is 0.377 e. The summed E-state index contributed by atoms with van der Waals surface area (Å²) in [6.07, 6.45) is 0. The van der Waals surface area contributed by atoms with Gasteiger partial charge in [0.25, 0.3) is 0 Å². The van der Waals surface area contributed by atoms with Crippen LogP contribution in [0.5, 0.6) is 0 Å². The van der Waals surface area contributed by atoms with Gasteiger partial charge in [0, 0.05) is 5.70 Å². The van der Waals surface area contributed by atoms with Crippen LogP contribution in [-0.2, 0) is 0 Å². The number of hydrogen-bond acceptors (Lipinski definition) is 2. The number of aliphatic hydroxyl groups excluding tert-OH is 1. The molecular weight excluding hydrogens is 78.0 g/mol. The smallest absolute Gasteiger partial charge is 0.113 e. The van der Waals surface area contributed by atoms with Crippen LogP contribution < -0.4 is 5.32 Å². The van der Waals surface area contributed by atoms with Crippen molar-refractivity contribution in [2.24, 2.45) is 0 Å². The number of hydrogen-bond donors (Lipinski definition) is 2. The Balaban J connectivity index is 2.83. The maximum absolute atomic E-state index is 8.06. The Morgan fingerprint density at radius 3 is 2.50 bits per heavy atom. The first-order valence-electron chi connectivity index (χ1n) is 1.77. The van der Waals surface area contributed by atoms with Crippen molar-refractivity contribution in [2.75, 3.05) is 6.73 Å². The van der Waals surface area contributed by atoms with Crippen LogP contribution in [0.2, 0.25) is 0 Å². The summed E-state index contributed by atoms with van der Waals surface area (Å²) in [4.78, 5) is 0. The molecule has 0 unspecified atom stereocenters. The fourth-order valence-corrected chi connectivity index (χ4v) is 0.135. The van der Waals surface area contributed by atoms with Crippen molar-refractivity contribution in [3.8, 4) is 0 Å². The molecule has 0 heterocycles. The van der Waals surface area contributed by atoms with E-state index in [1.807, 2.05) is 0 Å². The van der Waals surface area contributed by atoms with Gasteiger partial charge < -0.3 is 10.4 Å². The van der Waals surface area contributed by atoms with Crippen LogP contribution >= 0.6 is 0 Å². The lowest BCUT2D eigenvalue weighted by atomic mass is 10.6. The summed E-state index contributed by atoms with van der Waals surface area (Å²) in [6, 6.07) is 0. The Morgan fingerprint density at radius 1 is 2.00 bits per heavy atom. The summed E-state index contributed by atoms with van der Waals surface area (Å²) in [5.74, 6) is 0. The minimum absolute atomic E-state index is 0.0185. The van der Waals surface area contributed by atoms with E-state index in [2.05, 4.69) is 11.9 Å². The van der Waals surface area contributed by atoms with Crippen LogP contribution in [0.25, 0.3) is 0 Å². The molecule has 0 aliphatic heterocycles. The number of rotatable bonds is 2. The maximum atomic E-state index is 8.06. The lowest BCUT2D eigenvalue weighted by molar-refractivity contribution is 0.275. The molecule has 0 atom stereocenters. The van der Waals surface area contributed by atoms with Gasteiger partial charge in [0.2, 0.25) is 0 Å². The van der Waals surface area contributed by atoms with E-state index in [4.69, 9.17) is 5.11 Å². The van der Waals surface area contributed by atoms with Crippen molar-refractivity contribution in [1.29, 1.82) is 0 Å². The Labute approximate surface area is 37.5 Å². The fourth-order valence-electron chi connectivity index (χ4n) is 0.135. The van der Waals surface area contributed by atoms with Gasteiger partial charge in [-0.15, -0.1) is 0 Å². The van der Waals surface area contributed by atoms with Gasteiger partial charge in [-0.25, -0.2) is 0 Å². The molecule has 0 bridgehead atoms. The zero-order valence-electron chi connectivity index (χ0n) is 3.86. The molecule has 2 heteroatoms. The molecule has 0 saturated heterocycles. The summed E-state index contributed by atoms with van der Waals surface area (Å²) in [5.41, 5.74) is 0.789. The minimum atomic E-state index is -0.0185. The maximum Gasteiger partial charge on any atom is 0.113 e. The van der Waals surface area contributed by atoms with Gasteiger partial charge in [0.1, 0.15) is 6.73 Å². The molecule has 0 aromatic rings. The topological polar surface area (TPSA) is 32.3 Å². The van der Waals surface area contributed by atoms with Gasteiger partial charge in [-0.05, 0) is 6.92 Å². The summed E-state index contributed by atoms with van der Waals surface area (Å²) in [5, 5.41) is 10.6. The highest BCUT2D eigenvalue weighted by molar-refractivity contribution is 4.81. The third-order valence-electron chi connectivity index (χ3n) is 0.381. The van der Waals surface area contributed by atoms with Crippen molar-refractivity contribution >= 4 is 0 Å². The first-order valence-corrected chi connectivity index (χ1v) is 1.77. The molecule has 0 spiro atoms. The Kier molecular flexibility index (Phi) is 2.50. The van der Waals surface area contributed by atoms with Gasteiger partial charge >= 0.3 is 0 Å². The molecule has 0 amide bonds. The third kappa shape index (κ3) is 3.50. The average Bonchev–Trinajstić information content (AvgIpc) is 1.35. The van der Waals surface area contributed by atoms with E-state index in [9.17, 15) is 0 Å². The van der Waals surface area contributed by atoms with Crippen LogP contribution in [0, 0.1) is 0 Å². The second-order valence-electron chi connectivity index (χ2n) is 1.12. The van der Waals surface area contributed by atoms with Crippen LogP contribution in [0.1, 0.15) is 6.92 Å². The molecule has 0 fully saturated rings. The number of nitrogens with one attached hydrogen (secondary N) is 1. The third-order valence-corrected chi connectivity index (χ3v) is 0.381. The molecule has 2 nitrogen and oxygen atoms in total. The molecule has 0 saturated carbocycles. The molecular formula is C4H9NO. The average molecular weight is 87.1 g/mol. The zero-order chi connectivity index (χ0) is 4.99. The first-order chi connectivity index (χ1) is 2.77. The molecule has 6 heavy (non-hydrogen) atoms. The molecule has 0 radical (unpaired) electrons. The predicted molar refractivity (Wildman–Crippen MR) is 25.0 cm³/mol. The van der Waals surface area contributed by atoms with E-state index >= 15 is 0 Å². The van der Waals surface area contributed by atoms with E-state index in [1.54, 1.807) is 6.92 Å². The Morgan fingerprint density at radius 2 is 2.50 bits per heavy atom. The van der Waals surface area contributed by atoms with Gasteiger partial charge in [-0.3, -0.25) is 0 Å². The molecule has 2 N–H and O–H groups in total. The Bertz CT molecular complexity index is 51.5. The van der Waals surface area contributed by atoms with E-state index in [0.717, 1.165) is 5.70 Å². The SMILES string of the molecule is C=C(C)NCO. The van der Waals surface area contributed by atoms with Crippen LogP contribution in [0.3, 0.4) is 0 Å². The molecule has 36 valence electrons. The summed E-state index contributed by atoms with van der Waals surface area (Å²) < 4.78 is 0. The van der Waals surface area contributed by atoms with Crippen molar-refractivity contribution in [2.45, 2.75) is 6.92 Å².